The maximum Gasteiger partial charge on any atom is 0.0420 e. The first-order valence-corrected chi connectivity index (χ1v) is 5.94. The van der Waals surface area contributed by atoms with E-state index in [1.165, 1.54) is 24.8 Å². The zero-order chi connectivity index (χ0) is 11.1. The van der Waals surface area contributed by atoms with E-state index < -0.39 is 0 Å². The first kappa shape index (κ1) is 12.2. The van der Waals surface area contributed by atoms with Gasteiger partial charge in [-0.3, -0.25) is 4.98 Å². The van der Waals surface area contributed by atoms with Gasteiger partial charge in [-0.2, -0.15) is 0 Å². The predicted octanol–water partition coefficient (Wildman–Crippen LogP) is 3.23. The van der Waals surface area contributed by atoms with Crippen LogP contribution in [-0.4, -0.2) is 11.5 Å². The molecular formula is C13H22N2. The van der Waals surface area contributed by atoms with Crippen molar-refractivity contribution < 1.29 is 0 Å². The summed E-state index contributed by atoms with van der Waals surface area (Å²) in [6.45, 7) is 7.50. The zero-order valence-corrected chi connectivity index (χ0v) is 10.1. The third-order valence-corrected chi connectivity index (χ3v) is 2.72. The lowest BCUT2D eigenvalue weighted by Crippen LogP contribution is -2.21. The van der Waals surface area contributed by atoms with Crippen LogP contribution in [0.5, 0.6) is 0 Å². The molecule has 1 heterocycles. The minimum Gasteiger partial charge on any atom is -0.310 e. The van der Waals surface area contributed by atoms with Crippen molar-refractivity contribution in [3.05, 3.63) is 29.6 Å². The molecule has 1 aromatic heterocycles. The molecule has 1 unspecified atom stereocenters. The molecule has 1 aromatic rings. The quantitative estimate of drug-likeness (QED) is 0.773. The Morgan fingerprint density at radius 2 is 2.20 bits per heavy atom. The van der Waals surface area contributed by atoms with Crippen LogP contribution in [-0.2, 0) is 0 Å². The Balaban J connectivity index is 2.74. The summed E-state index contributed by atoms with van der Waals surface area (Å²) in [7, 11) is 0. The number of hydrogen-bond donors (Lipinski definition) is 1. The number of pyridine rings is 1. The SMILES string of the molecule is CCCCC(NCC)c1cccnc1C. The van der Waals surface area contributed by atoms with Gasteiger partial charge in [-0.1, -0.05) is 32.8 Å². The standard InChI is InChI=1S/C13H22N2/c1-4-6-9-13(14-5-2)12-8-7-10-15-11(12)3/h7-8,10,13-14H,4-6,9H2,1-3H3. The maximum atomic E-state index is 4.35. The Morgan fingerprint density at radius 3 is 2.80 bits per heavy atom. The average Bonchev–Trinajstić information content (AvgIpc) is 2.25. The Labute approximate surface area is 93.1 Å². The molecule has 1 N–H and O–H groups in total. The molecule has 15 heavy (non-hydrogen) atoms. The van der Waals surface area contributed by atoms with Crippen molar-refractivity contribution in [3.63, 3.8) is 0 Å². The van der Waals surface area contributed by atoms with Crippen LogP contribution < -0.4 is 5.32 Å². The van der Waals surface area contributed by atoms with Gasteiger partial charge >= 0.3 is 0 Å². The fourth-order valence-corrected chi connectivity index (χ4v) is 1.89. The molecule has 84 valence electrons. The van der Waals surface area contributed by atoms with Crippen LogP contribution in [0.15, 0.2) is 18.3 Å². The second-order valence-electron chi connectivity index (χ2n) is 3.93. The molecule has 0 aliphatic heterocycles. The molecule has 0 bridgehead atoms. The van der Waals surface area contributed by atoms with E-state index >= 15 is 0 Å². The maximum absolute atomic E-state index is 4.35. The number of rotatable bonds is 6. The second-order valence-corrected chi connectivity index (χ2v) is 3.93. The summed E-state index contributed by atoms with van der Waals surface area (Å²) in [5.41, 5.74) is 2.51. The van der Waals surface area contributed by atoms with Gasteiger partial charge in [0.2, 0.25) is 0 Å². The van der Waals surface area contributed by atoms with Gasteiger partial charge in [0.05, 0.1) is 0 Å². The summed E-state index contributed by atoms with van der Waals surface area (Å²) in [5, 5.41) is 3.53. The van der Waals surface area contributed by atoms with Crippen molar-refractivity contribution in [3.8, 4) is 0 Å². The van der Waals surface area contributed by atoms with Crippen LogP contribution in [0.3, 0.4) is 0 Å². The Bertz CT molecular complexity index is 284. The number of nitrogens with one attached hydrogen (secondary N) is 1. The summed E-state index contributed by atoms with van der Waals surface area (Å²) in [6, 6.07) is 4.69. The number of aryl methyl sites for hydroxylation is 1. The summed E-state index contributed by atoms with van der Waals surface area (Å²) in [5.74, 6) is 0. The highest BCUT2D eigenvalue weighted by Gasteiger charge is 2.11. The molecule has 2 nitrogen and oxygen atoms in total. The molecule has 1 atom stereocenters. The Kier molecular flexibility index (Phi) is 5.33. The van der Waals surface area contributed by atoms with E-state index in [2.05, 4.69) is 37.1 Å². The van der Waals surface area contributed by atoms with Gasteiger partial charge in [0.15, 0.2) is 0 Å². The van der Waals surface area contributed by atoms with Crippen LogP contribution in [0, 0.1) is 6.92 Å². The second kappa shape index (κ2) is 6.57. The molecule has 2 heteroatoms. The lowest BCUT2D eigenvalue weighted by atomic mass is 10.00. The number of aromatic nitrogens is 1. The van der Waals surface area contributed by atoms with Crippen molar-refractivity contribution >= 4 is 0 Å². The summed E-state index contributed by atoms with van der Waals surface area (Å²) in [6.07, 6.45) is 5.59. The highest BCUT2D eigenvalue weighted by atomic mass is 14.9. The minimum atomic E-state index is 0.476. The van der Waals surface area contributed by atoms with Gasteiger partial charge in [-0.15, -0.1) is 0 Å². The molecule has 0 radical (unpaired) electrons. The summed E-state index contributed by atoms with van der Waals surface area (Å²) < 4.78 is 0. The first-order valence-electron chi connectivity index (χ1n) is 5.94. The smallest absolute Gasteiger partial charge is 0.0420 e. The van der Waals surface area contributed by atoms with E-state index in [1.807, 2.05) is 12.3 Å². The lowest BCUT2D eigenvalue weighted by molar-refractivity contribution is 0.491. The molecule has 0 amide bonds. The summed E-state index contributed by atoms with van der Waals surface area (Å²) in [4.78, 5) is 4.35. The normalized spacial score (nSPS) is 12.7. The Morgan fingerprint density at radius 1 is 1.40 bits per heavy atom. The van der Waals surface area contributed by atoms with E-state index in [0.717, 1.165) is 12.2 Å². The lowest BCUT2D eigenvalue weighted by Gasteiger charge is -2.19. The molecule has 0 saturated heterocycles. The van der Waals surface area contributed by atoms with Crippen LogP contribution in [0.4, 0.5) is 0 Å². The first-order chi connectivity index (χ1) is 7.29. The molecule has 0 spiro atoms. The number of unbranched alkanes of at least 4 members (excludes halogenated alkanes) is 1. The van der Waals surface area contributed by atoms with Crippen LogP contribution >= 0.6 is 0 Å². The molecular weight excluding hydrogens is 184 g/mol. The number of hydrogen-bond acceptors (Lipinski definition) is 2. The highest BCUT2D eigenvalue weighted by Crippen LogP contribution is 2.21. The van der Waals surface area contributed by atoms with Gasteiger partial charge in [0.1, 0.15) is 0 Å². The van der Waals surface area contributed by atoms with Crippen molar-refractivity contribution in [2.24, 2.45) is 0 Å². The van der Waals surface area contributed by atoms with Crippen LogP contribution in [0.1, 0.15) is 50.4 Å². The van der Waals surface area contributed by atoms with E-state index in [4.69, 9.17) is 0 Å². The molecule has 0 saturated carbocycles. The fourth-order valence-electron chi connectivity index (χ4n) is 1.89. The molecule has 0 aliphatic carbocycles. The topological polar surface area (TPSA) is 24.9 Å². The van der Waals surface area contributed by atoms with E-state index in [0.29, 0.717) is 6.04 Å². The predicted molar refractivity (Wildman–Crippen MR) is 64.9 cm³/mol. The van der Waals surface area contributed by atoms with Crippen molar-refractivity contribution in [2.75, 3.05) is 6.54 Å². The van der Waals surface area contributed by atoms with Crippen molar-refractivity contribution in [1.82, 2.24) is 10.3 Å². The zero-order valence-electron chi connectivity index (χ0n) is 10.1. The monoisotopic (exact) mass is 206 g/mol. The third kappa shape index (κ3) is 3.63. The summed E-state index contributed by atoms with van der Waals surface area (Å²) >= 11 is 0. The minimum absolute atomic E-state index is 0.476. The van der Waals surface area contributed by atoms with Crippen LogP contribution in [0.25, 0.3) is 0 Å². The molecule has 0 aromatic carbocycles. The largest absolute Gasteiger partial charge is 0.310 e. The third-order valence-electron chi connectivity index (χ3n) is 2.72. The van der Waals surface area contributed by atoms with Crippen LogP contribution in [0.2, 0.25) is 0 Å². The Hall–Kier alpha value is -0.890. The highest BCUT2D eigenvalue weighted by molar-refractivity contribution is 5.22. The van der Waals surface area contributed by atoms with Gasteiger partial charge in [0.25, 0.3) is 0 Å². The molecule has 0 fully saturated rings. The fraction of sp³-hybridized carbons (Fsp3) is 0.615. The average molecular weight is 206 g/mol. The van der Waals surface area contributed by atoms with Gasteiger partial charge in [-0.05, 0) is 31.5 Å². The van der Waals surface area contributed by atoms with Gasteiger partial charge in [-0.25, -0.2) is 0 Å². The van der Waals surface area contributed by atoms with E-state index in [1.54, 1.807) is 0 Å². The van der Waals surface area contributed by atoms with E-state index in [-0.39, 0.29) is 0 Å². The molecule has 0 aliphatic rings. The van der Waals surface area contributed by atoms with Gasteiger partial charge in [0, 0.05) is 17.9 Å². The van der Waals surface area contributed by atoms with Gasteiger partial charge < -0.3 is 5.32 Å². The van der Waals surface area contributed by atoms with Crippen molar-refractivity contribution in [2.45, 2.75) is 46.1 Å². The molecule has 1 rings (SSSR count). The van der Waals surface area contributed by atoms with Crippen molar-refractivity contribution in [1.29, 1.82) is 0 Å². The number of nitrogens with zero attached hydrogens (tertiary/aromatic N) is 1. The van der Waals surface area contributed by atoms with E-state index in [9.17, 15) is 0 Å².